The summed E-state index contributed by atoms with van der Waals surface area (Å²) in [5.74, 6) is -2.26. The molecule has 2 aromatic rings. The number of ether oxygens (including phenoxy) is 1. The van der Waals surface area contributed by atoms with Crippen molar-refractivity contribution in [3.8, 4) is 0 Å². The number of amides is 1. The molecule has 0 aliphatic carbocycles. The Kier molecular flexibility index (Phi) is 8.51. The highest BCUT2D eigenvalue weighted by Gasteiger charge is 2.57. The number of oxime groups is 1. The Balaban J connectivity index is 1.87. The maximum Gasteiger partial charge on any atom is 0.421 e. The van der Waals surface area contributed by atoms with Crippen molar-refractivity contribution in [3.05, 3.63) is 69.0 Å². The number of alkyl halides is 6. The molecule has 2 atom stereocenters. The van der Waals surface area contributed by atoms with E-state index in [1.165, 1.54) is 19.1 Å². The van der Waals surface area contributed by atoms with Crippen molar-refractivity contribution in [2.45, 2.75) is 50.9 Å². The molecule has 2 aromatic carbocycles. The number of hydrogen-bond acceptors (Lipinski definition) is 6. The number of aliphatic hydroxyl groups is 1. The smallest absolute Gasteiger partial charge is 0.421 e. The molecule has 0 saturated carbocycles. The van der Waals surface area contributed by atoms with Gasteiger partial charge >= 0.3 is 12.4 Å². The summed E-state index contributed by atoms with van der Waals surface area (Å²) in [6.45, 7) is 3.50. The monoisotopic (exact) mass is 583 g/mol. The van der Waals surface area contributed by atoms with Crippen LogP contribution in [-0.4, -0.2) is 41.6 Å². The van der Waals surface area contributed by atoms with Crippen LogP contribution in [0.5, 0.6) is 0 Å². The zero-order valence-electron chi connectivity index (χ0n) is 20.2. The summed E-state index contributed by atoms with van der Waals surface area (Å²) in [6.07, 6.45) is -13.2. The van der Waals surface area contributed by atoms with Gasteiger partial charge in [-0.15, -0.1) is 0 Å². The first-order valence-corrected chi connectivity index (χ1v) is 11.6. The Morgan fingerprint density at radius 2 is 1.90 bits per heavy atom. The molecule has 39 heavy (non-hydrogen) atoms. The Morgan fingerprint density at radius 3 is 2.46 bits per heavy atom. The van der Waals surface area contributed by atoms with Crippen LogP contribution < -0.4 is 5.32 Å². The zero-order valence-corrected chi connectivity index (χ0v) is 21.0. The standard InChI is InChI=1S/C24H21ClF7N3O4/c1-3-38-19-9-18(39-35-19)34-21(36)14-5-4-12(6-11(14)2)17(33)10-22(37,24(30,31)32)15-7-13(23(27,28)29)8-16(25)20(15)26/h4-8,18,33,37H,3,9-10H2,1-2H3,(H,34,36)/t18-,22+/m1/s1. The first kappa shape index (κ1) is 30.2. The van der Waals surface area contributed by atoms with Gasteiger partial charge in [-0.2, -0.15) is 26.3 Å². The number of benzene rings is 2. The van der Waals surface area contributed by atoms with E-state index < -0.39 is 64.2 Å². The Morgan fingerprint density at radius 1 is 1.23 bits per heavy atom. The molecule has 15 heteroatoms. The molecule has 1 heterocycles. The topological polar surface area (TPSA) is 104 Å². The fourth-order valence-electron chi connectivity index (χ4n) is 3.77. The molecule has 0 fully saturated rings. The summed E-state index contributed by atoms with van der Waals surface area (Å²) < 4.78 is 101. The van der Waals surface area contributed by atoms with E-state index in [0.29, 0.717) is 6.61 Å². The molecule has 1 amide bonds. The van der Waals surface area contributed by atoms with Gasteiger partial charge in [0, 0.05) is 23.3 Å². The molecular weight excluding hydrogens is 563 g/mol. The third-order valence-electron chi connectivity index (χ3n) is 5.77. The van der Waals surface area contributed by atoms with Gasteiger partial charge in [-0.1, -0.05) is 17.7 Å². The van der Waals surface area contributed by atoms with Crippen LogP contribution in [0.4, 0.5) is 30.7 Å². The van der Waals surface area contributed by atoms with Gasteiger partial charge < -0.3 is 25.4 Å². The minimum absolute atomic E-state index is 0.0711. The molecule has 3 rings (SSSR count). The van der Waals surface area contributed by atoms with E-state index in [1.807, 2.05) is 0 Å². The van der Waals surface area contributed by atoms with Crippen molar-refractivity contribution in [1.82, 2.24) is 5.32 Å². The lowest BCUT2D eigenvalue weighted by Crippen LogP contribution is -2.45. The van der Waals surface area contributed by atoms with Crippen molar-refractivity contribution in [3.63, 3.8) is 0 Å². The fraction of sp³-hybridized carbons (Fsp3) is 0.375. The van der Waals surface area contributed by atoms with Crippen molar-refractivity contribution in [2.24, 2.45) is 5.16 Å². The number of aryl methyl sites for hydroxylation is 1. The number of hydrogen-bond donors (Lipinski definition) is 3. The average Bonchev–Trinajstić information content (AvgIpc) is 3.25. The maximum atomic E-state index is 14.6. The van der Waals surface area contributed by atoms with Crippen LogP contribution in [0.2, 0.25) is 5.02 Å². The predicted octanol–water partition coefficient (Wildman–Crippen LogP) is 5.84. The van der Waals surface area contributed by atoms with Crippen molar-refractivity contribution in [2.75, 3.05) is 6.61 Å². The number of nitrogens with one attached hydrogen (secondary N) is 2. The van der Waals surface area contributed by atoms with Crippen molar-refractivity contribution < 1.29 is 50.2 Å². The minimum atomic E-state index is -5.70. The number of carbonyl (C=O) groups is 1. The van der Waals surface area contributed by atoms with E-state index in [-0.39, 0.29) is 41.1 Å². The molecule has 1 aliphatic heterocycles. The normalized spacial score (nSPS) is 17.2. The Labute approximate surface area is 222 Å². The first-order valence-electron chi connectivity index (χ1n) is 11.2. The van der Waals surface area contributed by atoms with Gasteiger partial charge in [0.1, 0.15) is 5.82 Å². The van der Waals surface area contributed by atoms with Crippen LogP contribution in [0.25, 0.3) is 0 Å². The molecule has 0 aromatic heterocycles. The first-order chi connectivity index (χ1) is 18.0. The second kappa shape index (κ2) is 11.0. The van der Waals surface area contributed by atoms with E-state index in [2.05, 4.69) is 10.5 Å². The summed E-state index contributed by atoms with van der Waals surface area (Å²) in [6, 6.07) is 3.37. The zero-order chi connectivity index (χ0) is 29.3. The second-order valence-electron chi connectivity index (χ2n) is 8.55. The number of carbonyl (C=O) groups excluding carboxylic acids is 1. The van der Waals surface area contributed by atoms with E-state index in [9.17, 15) is 40.6 Å². The van der Waals surface area contributed by atoms with Gasteiger partial charge in [-0.05, 0) is 54.4 Å². The number of nitrogens with zero attached hydrogens (tertiary/aromatic N) is 1. The quantitative estimate of drug-likeness (QED) is 0.281. The summed E-state index contributed by atoms with van der Waals surface area (Å²) in [5.41, 5.74) is -8.55. The average molecular weight is 584 g/mol. The second-order valence-corrected chi connectivity index (χ2v) is 8.96. The summed E-state index contributed by atoms with van der Waals surface area (Å²) in [5, 5.41) is 23.6. The van der Waals surface area contributed by atoms with Crippen LogP contribution in [0, 0.1) is 18.2 Å². The molecule has 1 aliphatic rings. The van der Waals surface area contributed by atoms with Crippen LogP contribution in [0.1, 0.15) is 52.4 Å². The summed E-state index contributed by atoms with van der Waals surface area (Å²) >= 11 is 5.42. The third-order valence-corrected chi connectivity index (χ3v) is 6.04. The van der Waals surface area contributed by atoms with Crippen LogP contribution in [0.15, 0.2) is 35.5 Å². The van der Waals surface area contributed by atoms with Gasteiger partial charge in [0.05, 0.1) is 23.6 Å². The molecular formula is C24H21ClF7N3O4. The van der Waals surface area contributed by atoms with E-state index in [1.54, 1.807) is 6.92 Å². The van der Waals surface area contributed by atoms with Crippen LogP contribution in [-0.2, 0) is 21.4 Å². The molecule has 7 nitrogen and oxygen atoms in total. The Bertz CT molecular complexity index is 1310. The third kappa shape index (κ3) is 6.44. The van der Waals surface area contributed by atoms with Crippen LogP contribution in [0.3, 0.4) is 0 Å². The Hall–Kier alpha value is -3.39. The van der Waals surface area contributed by atoms with Gasteiger partial charge in [-0.25, -0.2) is 4.39 Å². The summed E-state index contributed by atoms with van der Waals surface area (Å²) in [7, 11) is 0. The lowest BCUT2D eigenvalue weighted by molar-refractivity contribution is -0.264. The minimum Gasteiger partial charge on any atom is -0.479 e. The molecule has 0 radical (unpaired) electrons. The maximum absolute atomic E-state index is 14.6. The van der Waals surface area contributed by atoms with E-state index in [0.717, 1.165) is 6.07 Å². The van der Waals surface area contributed by atoms with Gasteiger partial charge in [0.25, 0.3) is 5.91 Å². The van der Waals surface area contributed by atoms with E-state index >= 15 is 0 Å². The van der Waals surface area contributed by atoms with Gasteiger partial charge in [0.15, 0.2) is 5.60 Å². The number of rotatable bonds is 7. The highest BCUT2D eigenvalue weighted by molar-refractivity contribution is 6.30. The predicted molar refractivity (Wildman–Crippen MR) is 125 cm³/mol. The molecule has 0 unspecified atom stereocenters. The lowest BCUT2D eigenvalue weighted by Gasteiger charge is -2.32. The largest absolute Gasteiger partial charge is 0.479 e. The molecule has 0 spiro atoms. The number of halogens is 8. The molecule has 3 N–H and O–H groups in total. The lowest BCUT2D eigenvalue weighted by atomic mass is 9.84. The van der Waals surface area contributed by atoms with Gasteiger partial charge in [0.2, 0.25) is 12.1 Å². The van der Waals surface area contributed by atoms with Crippen molar-refractivity contribution in [1.29, 1.82) is 5.41 Å². The molecule has 0 saturated heterocycles. The summed E-state index contributed by atoms with van der Waals surface area (Å²) in [4.78, 5) is 17.7. The van der Waals surface area contributed by atoms with Crippen molar-refractivity contribution >= 4 is 29.1 Å². The highest BCUT2D eigenvalue weighted by atomic mass is 35.5. The SMILES string of the molecule is CCOC1=NO[C@@H](NC(=O)c2ccc(C(=N)C[C@](O)(c3cc(C(F)(F)F)cc(Cl)c3F)C(F)(F)F)cc2C)C1. The van der Waals surface area contributed by atoms with Gasteiger partial charge in [-0.3, -0.25) is 4.79 Å². The molecule has 0 bridgehead atoms. The molecule has 212 valence electrons. The van der Waals surface area contributed by atoms with E-state index in [4.69, 9.17) is 26.6 Å². The highest BCUT2D eigenvalue weighted by Crippen LogP contribution is 2.46. The fourth-order valence-corrected chi connectivity index (χ4v) is 3.99. The van der Waals surface area contributed by atoms with Crippen LogP contribution >= 0.6 is 11.6 Å².